The van der Waals surface area contributed by atoms with E-state index in [9.17, 15) is 9.59 Å². The zero-order valence-corrected chi connectivity index (χ0v) is 19.6. The fourth-order valence-corrected chi connectivity index (χ4v) is 3.53. The second kappa shape index (κ2) is 10.3. The normalized spacial score (nSPS) is 10.9. The summed E-state index contributed by atoms with van der Waals surface area (Å²) in [5, 5.41) is 0.751. The molecule has 0 radical (unpaired) electrons. The Labute approximate surface area is 192 Å². The molecule has 1 heterocycles. The van der Waals surface area contributed by atoms with Crippen molar-refractivity contribution in [2.75, 3.05) is 21.3 Å². The number of esters is 1. The number of ether oxygens (including phenoxy) is 5. The molecule has 0 atom stereocenters. The highest BCUT2D eigenvalue weighted by atomic mass is 16.5. The van der Waals surface area contributed by atoms with Gasteiger partial charge >= 0.3 is 11.6 Å². The van der Waals surface area contributed by atoms with E-state index in [-0.39, 0.29) is 19.1 Å². The molecule has 0 aliphatic rings. The third-order valence-electron chi connectivity index (χ3n) is 4.99. The summed E-state index contributed by atoms with van der Waals surface area (Å²) >= 11 is 0. The van der Waals surface area contributed by atoms with E-state index in [4.69, 9.17) is 28.1 Å². The third kappa shape index (κ3) is 5.39. The van der Waals surface area contributed by atoms with Crippen LogP contribution in [0.15, 0.2) is 39.5 Å². The Morgan fingerprint density at radius 2 is 1.64 bits per heavy atom. The van der Waals surface area contributed by atoms with E-state index in [0.717, 1.165) is 10.9 Å². The lowest BCUT2D eigenvalue weighted by Crippen LogP contribution is -2.12. The van der Waals surface area contributed by atoms with Crippen molar-refractivity contribution in [3.63, 3.8) is 0 Å². The molecule has 0 N–H and O–H groups in total. The Kier molecular flexibility index (Phi) is 7.48. The van der Waals surface area contributed by atoms with Gasteiger partial charge in [-0.1, -0.05) is 0 Å². The minimum Gasteiger partial charge on any atom is -0.493 e. The smallest absolute Gasteiger partial charge is 0.336 e. The molecule has 0 bridgehead atoms. The first kappa shape index (κ1) is 24.0. The highest BCUT2D eigenvalue weighted by Gasteiger charge is 2.19. The van der Waals surface area contributed by atoms with E-state index >= 15 is 0 Å². The van der Waals surface area contributed by atoms with Crippen molar-refractivity contribution < 1.29 is 32.9 Å². The maximum absolute atomic E-state index is 12.7. The SMILES string of the molecule is COc1cc(CC(=O)OCc2c(OC(C)C)ccc3c(C)cc(=O)oc23)cc(OC)c1OC. The van der Waals surface area contributed by atoms with Crippen LogP contribution in [0, 0.1) is 6.92 Å². The maximum Gasteiger partial charge on any atom is 0.336 e. The molecule has 2 aromatic carbocycles. The highest BCUT2D eigenvalue weighted by Crippen LogP contribution is 2.38. The molecule has 0 aliphatic carbocycles. The van der Waals surface area contributed by atoms with E-state index in [1.165, 1.54) is 27.4 Å². The third-order valence-corrected chi connectivity index (χ3v) is 4.99. The molecular formula is C25H28O8. The van der Waals surface area contributed by atoms with Crippen molar-refractivity contribution in [3.8, 4) is 23.0 Å². The first-order chi connectivity index (χ1) is 15.8. The molecule has 3 rings (SSSR count). The van der Waals surface area contributed by atoms with Crippen LogP contribution in [0.2, 0.25) is 0 Å². The molecule has 0 fully saturated rings. The van der Waals surface area contributed by atoms with Gasteiger partial charge in [0.25, 0.3) is 0 Å². The molecule has 3 aromatic rings. The molecule has 0 amide bonds. The molecule has 0 unspecified atom stereocenters. The van der Waals surface area contributed by atoms with Gasteiger partial charge in [-0.25, -0.2) is 4.79 Å². The second-order valence-corrected chi connectivity index (χ2v) is 7.71. The summed E-state index contributed by atoms with van der Waals surface area (Å²) in [6.07, 6.45) is -0.141. The van der Waals surface area contributed by atoms with Gasteiger partial charge in [-0.05, 0) is 56.2 Å². The molecule has 0 aliphatic heterocycles. The van der Waals surface area contributed by atoms with E-state index in [1.807, 2.05) is 26.8 Å². The van der Waals surface area contributed by atoms with Crippen LogP contribution in [0.1, 0.15) is 30.5 Å². The van der Waals surface area contributed by atoms with Crippen molar-refractivity contribution in [2.45, 2.75) is 39.9 Å². The monoisotopic (exact) mass is 456 g/mol. The Morgan fingerprint density at radius 3 is 2.21 bits per heavy atom. The quantitative estimate of drug-likeness (QED) is 0.349. The minimum atomic E-state index is -0.480. The Balaban J connectivity index is 1.88. The lowest BCUT2D eigenvalue weighted by atomic mass is 10.1. The van der Waals surface area contributed by atoms with Crippen LogP contribution < -0.4 is 24.6 Å². The maximum atomic E-state index is 12.7. The summed E-state index contributed by atoms with van der Waals surface area (Å²) in [4.78, 5) is 24.7. The van der Waals surface area contributed by atoms with Crippen LogP contribution in [0.4, 0.5) is 0 Å². The molecular weight excluding hydrogens is 428 g/mol. The number of benzene rings is 2. The molecule has 1 aromatic heterocycles. The van der Waals surface area contributed by atoms with E-state index in [0.29, 0.717) is 39.7 Å². The topological polar surface area (TPSA) is 93.4 Å². The van der Waals surface area contributed by atoms with Gasteiger partial charge in [-0.15, -0.1) is 0 Å². The summed E-state index contributed by atoms with van der Waals surface area (Å²) in [5.41, 5.74) is 1.77. The van der Waals surface area contributed by atoms with Gasteiger partial charge in [0.2, 0.25) is 5.75 Å². The Hall–Kier alpha value is -3.68. The van der Waals surface area contributed by atoms with Crippen molar-refractivity contribution in [3.05, 3.63) is 57.4 Å². The summed E-state index contributed by atoms with van der Waals surface area (Å²) in [6, 6.07) is 8.42. The van der Waals surface area contributed by atoms with Crippen LogP contribution in [0.25, 0.3) is 11.0 Å². The predicted octanol–water partition coefficient (Wildman–Crippen LogP) is 4.20. The summed E-state index contributed by atoms with van der Waals surface area (Å²) in [6.45, 7) is 5.48. The molecule has 8 heteroatoms. The zero-order chi connectivity index (χ0) is 24.1. The van der Waals surface area contributed by atoms with Gasteiger partial charge in [0.15, 0.2) is 11.5 Å². The summed E-state index contributed by atoms with van der Waals surface area (Å²) in [7, 11) is 4.52. The zero-order valence-electron chi connectivity index (χ0n) is 19.6. The second-order valence-electron chi connectivity index (χ2n) is 7.71. The number of hydrogen-bond donors (Lipinski definition) is 0. The highest BCUT2D eigenvalue weighted by molar-refractivity contribution is 5.85. The number of rotatable bonds is 9. The van der Waals surface area contributed by atoms with Gasteiger partial charge in [-0.3, -0.25) is 4.79 Å². The standard InChI is InChI=1S/C25H28O8/c1-14(2)32-19-8-7-17-15(3)9-23(27)33-24(17)18(19)13-31-22(26)12-16-10-20(28-4)25(30-6)21(11-16)29-5/h7-11,14H,12-13H2,1-6H3. The summed E-state index contributed by atoms with van der Waals surface area (Å²) in [5.74, 6) is 1.34. The fourth-order valence-electron chi connectivity index (χ4n) is 3.53. The van der Waals surface area contributed by atoms with Gasteiger partial charge in [0, 0.05) is 11.5 Å². The van der Waals surface area contributed by atoms with Gasteiger partial charge in [0.05, 0.1) is 39.4 Å². The van der Waals surface area contributed by atoms with Crippen LogP contribution >= 0.6 is 0 Å². The van der Waals surface area contributed by atoms with Crippen molar-refractivity contribution >= 4 is 16.9 Å². The van der Waals surface area contributed by atoms with Crippen LogP contribution in [0.3, 0.4) is 0 Å². The number of carbonyl (C=O) groups is 1. The molecule has 0 spiro atoms. The number of hydrogen-bond acceptors (Lipinski definition) is 8. The first-order valence-electron chi connectivity index (χ1n) is 10.4. The van der Waals surface area contributed by atoms with Crippen molar-refractivity contribution in [1.82, 2.24) is 0 Å². The number of aryl methyl sites for hydroxylation is 1. The lowest BCUT2D eigenvalue weighted by Gasteiger charge is -2.17. The minimum absolute atomic E-state index is 0.0230. The van der Waals surface area contributed by atoms with Gasteiger partial charge in [-0.2, -0.15) is 0 Å². The largest absolute Gasteiger partial charge is 0.493 e. The van der Waals surface area contributed by atoms with Crippen LogP contribution in [-0.2, 0) is 22.6 Å². The molecule has 0 saturated heterocycles. The molecule has 0 saturated carbocycles. The molecule has 8 nitrogen and oxygen atoms in total. The molecule has 176 valence electrons. The summed E-state index contributed by atoms with van der Waals surface area (Å²) < 4.78 is 32.9. The number of fused-ring (bicyclic) bond motifs is 1. The Morgan fingerprint density at radius 1 is 0.970 bits per heavy atom. The number of carbonyl (C=O) groups excluding carboxylic acids is 1. The van der Waals surface area contributed by atoms with E-state index in [2.05, 4.69) is 0 Å². The van der Waals surface area contributed by atoms with Crippen LogP contribution in [-0.4, -0.2) is 33.4 Å². The molecule has 33 heavy (non-hydrogen) atoms. The van der Waals surface area contributed by atoms with Gasteiger partial charge < -0.3 is 28.1 Å². The first-order valence-corrected chi connectivity index (χ1v) is 10.4. The lowest BCUT2D eigenvalue weighted by molar-refractivity contribution is -0.144. The Bertz CT molecular complexity index is 1180. The average Bonchev–Trinajstić information content (AvgIpc) is 2.76. The van der Waals surface area contributed by atoms with Crippen molar-refractivity contribution in [2.24, 2.45) is 0 Å². The fraction of sp³-hybridized carbons (Fsp3) is 0.360. The van der Waals surface area contributed by atoms with Crippen molar-refractivity contribution in [1.29, 1.82) is 0 Å². The van der Waals surface area contributed by atoms with E-state index < -0.39 is 11.6 Å². The predicted molar refractivity (Wildman–Crippen MR) is 123 cm³/mol. The van der Waals surface area contributed by atoms with Crippen LogP contribution in [0.5, 0.6) is 23.0 Å². The van der Waals surface area contributed by atoms with E-state index in [1.54, 1.807) is 18.2 Å². The average molecular weight is 456 g/mol. The van der Waals surface area contributed by atoms with Gasteiger partial charge in [0.1, 0.15) is 17.9 Å². The number of methoxy groups -OCH3 is 3.